The van der Waals surface area contributed by atoms with Crippen LogP contribution in [0.3, 0.4) is 0 Å². The smallest absolute Gasteiger partial charge is 0.327 e. The summed E-state index contributed by atoms with van der Waals surface area (Å²) in [6, 6.07) is -1.24. The van der Waals surface area contributed by atoms with Crippen molar-refractivity contribution in [2.75, 3.05) is 13.2 Å². The molecule has 1 aliphatic heterocycles. The molecule has 1 aromatic heterocycles. The van der Waals surface area contributed by atoms with Crippen molar-refractivity contribution in [1.29, 1.82) is 0 Å². The number of carbonyl (C=O) groups is 3. The molecule has 2 heterocycles. The molecule has 8 nitrogen and oxygen atoms in total. The lowest BCUT2D eigenvalue weighted by Crippen LogP contribution is -2.55. The Hall–Kier alpha value is -2.22. The van der Waals surface area contributed by atoms with Gasteiger partial charge in [-0.3, -0.25) is 14.5 Å². The standard InChI is InChI=1S/C10H11N3O5/c14-8-3-18-4-9(15)13(8)7(10(16)17)1-6-2-11-5-12-6/h2,5,7H,1,3-4H2,(H,11,12)(H,16,17). The van der Waals surface area contributed by atoms with Crippen LogP contribution in [0, 0.1) is 0 Å². The van der Waals surface area contributed by atoms with Crippen LogP contribution in [-0.4, -0.2) is 57.0 Å². The minimum atomic E-state index is -1.24. The van der Waals surface area contributed by atoms with E-state index in [1.54, 1.807) is 0 Å². The van der Waals surface area contributed by atoms with Gasteiger partial charge in [0.1, 0.15) is 19.3 Å². The highest BCUT2D eigenvalue weighted by molar-refractivity contribution is 6.01. The van der Waals surface area contributed by atoms with E-state index < -0.39 is 23.8 Å². The quantitative estimate of drug-likeness (QED) is 0.651. The van der Waals surface area contributed by atoms with E-state index in [0.717, 1.165) is 4.90 Å². The molecule has 0 spiro atoms. The molecule has 1 fully saturated rings. The van der Waals surface area contributed by atoms with Crippen LogP contribution >= 0.6 is 0 Å². The van der Waals surface area contributed by atoms with E-state index in [1.165, 1.54) is 12.5 Å². The number of rotatable bonds is 4. The number of morpholine rings is 1. The van der Waals surface area contributed by atoms with Gasteiger partial charge in [0, 0.05) is 18.3 Å². The van der Waals surface area contributed by atoms with Crippen LogP contribution in [0.1, 0.15) is 5.69 Å². The van der Waals surface area contributed by atoms with Crippen LogP contribution in [-0.2, 0) is 25.5 Å². The van der Waals surface area contributed by atoms with Gasteiger partial charge in [0.25, 0.3) is 11.8 Å². The van der Waals surface area contributed by atoms with Crippen LogP contribution in [0.4, 0.5) is 0 Å². The van der Waals surface area contributed by atoms with Crippen molar-refractivity contribution >= 4 is 17.8 Å². The summed E-state index contributed by atoms with van der Waals surface area (Å²) >= 11 is 0. The summed E-state index contributed by atoms with van der Waals surface area (Å²) in [4.78, 5) is 41.6. The highest BCUT2D eigenvalue weighted by Gasteiger charge is 2.37. The van der Waals surface area contributed by atoms with Gasteiger partial charge in [0.2, 0.25) is 0 Å². The van der Waals surface area contributed by atoms with Crippen molar-refractivity contribution in [3.8, 4) is 0 Å². The zero-order valence-corrected chi connectivity index (χ0v) is 9.33. The van der Waals surface area contributed by atoms with E-state index in [9.17, 15) is 14.4 Å². The highest BCUT2D eigenvalue weighted by atomic mass is 16.5. The van der Waals surface area contributed by atoms with E-state index in [1.807, 2.05) is 0 Å². The molecule has 0 saturated carbocycles. The molecule has 1 aromatic rings. The van der Waals surface area contributed by atoms with Gasteiger partial charge in [-0.25, -0.2) is 9.78 Å². The van der Waals surface area contributed by atoms with Crippen LogP contribution in [0.5, 0.6) is 0 Å². The van der Waals surface area contributed by atoms with E-state index in [0.29, 0.717) is 5.69 Å². The number of aliphatic carboxylic acids is 1. The van der Waals surface area contributed by atoms with Crippen molar-refractivity contribution in [1.82, 2.24) is 14.9 Å². The third-order valence-electron chi connectivity index (χ3n) is 2.55. The molecule has 2 rings (SSSR count). The molecular weight excluding hydrogens is 242 g/mol. The number of hydrogen-bond acceptors (Lipinski definition) is 5. The largest absolute Gasteiger partial charge is 0.480 e. The zero-order chi connectivity index (χ0) is 13.1. The van der Waals surface area contributed by atoms with Crippen LogP contribution in [0.15, 0.2) is 12.5 Å². The summed E-state index contributed by atoms with van der Waals surface area (Å²) in [5, 5.41) is 9.14. The van der Waals surface area contributed by atoms with Crippen LogP contribution in [0.2, 0.25) is 0 Å². The van der Waals surface area contributed by atoms with E-state index in [4.69, 9.17) is 9.84 Å². The molecule has 0 bridgehead atoms. The summed E-state index contributed by atoms with van der Waals surface area (Å²) in [5.41, 5.74) is 0.537. The fraction of sp³-hybridized carbons (Fsp3) is 0.400. The van der Waals surface area contributed by atoms with Gasteiger partial charge in [0.15, 0.2) is 0 Å². The molecule has 8 heteroatoms. The van der Waals surface area contributed by atoms with E-state index >= 15 is 0 Å². The number of carboxylic acid groups (broad SMARTS) is 1. The van der Waals surface area contributed by atoms with Gasteiger partial charge < -0.3 is 14.8 Å². The van der Waals surface area contributed by atoms with Gasteiger partial charge in [-0.05, 0) is 0 Å². The number of carboxylic acids is 1. The minimum Gasteiger partial charge on any atom is -0.480 e. The lowest BCUT2D eigenvalue weighted by atomic mass is 10.1. The maximum absolute atomic E-state index is 11.6. The predicted molar refractivity (Wildman–Crippen MR) is 56.4 cm³/mol. The van der Waals surface area contributed by atoms with Crippen LogP contribution in [0.25, 0.3) is 0 Å². The SMILES string of the molecule is O=C(O)C(Cc1cnc[nH]1)N1C(=O)COCC1=O. The molecule has 1 saturated heterocycles. The maximum atomic E-state index is 11.6. The Morgan fingerprint density at radius 3 is 2.67 bits per heavy atom. The molecule has 0 aromatic carbocycles. The Morgan fingerprint density at radius 2 is 2.17 bits per heavy atom. The molecule has 2 amide bonds. The van der Waals surface area contributed by atoms with Crippen molar-refractivity contribution < 1.29 is 24.2 Å². The Balaban J connectivity index is 2.21. The molecule has 1 aliphatic rings. The van der Waals surface area contributed by atoms with Gasteiger partial charge in [0.05, 0.1) is 6.33 Å². The average molecular weight is 253 g/mol. The number of aromatic nitrogens is 2. The fourth-order valence-corrected chi connectivity index (χ4v) is 1.75. The Kier molecular flexibility index (Phi) is 3.38. The number of amides is 2. The number of nitrogens with one attached hydrogen (secondary N) is 1. The van der Waals surface area contributed by atoms with Gasteiger partial charge in [-0.15, -0.1) is 0 Å². The Morgan fingerprint density at radius 1 is 1.50 bits per heavy atom. The second-order valence-corrected chi connectivity index (χ2v) is 3.79. The number of H-pyrrole nitrogens is 1. The third-order valence-corrected chi connectivity index (χ3v) is 2.55. The first kappa shape index (κ1) is 12.2. The van der Waals surface area contributed by atoms with Crippen molar-refractivity contribution in [3.63, 3.8) is 0 Å². The molecule has 96 valence electrons. The number of imidazole rings is 1. The summed E-state index contributed by atoms with van der Waals surface area (Å²) in [6.45, 7) is -0.559. The number of nitrogens with zero attached hydrogens (tertiary/aromatic N) is 2. The summed E-state index contributed by atoms with van der Waals surface area (Å²) < 4.78 is 4.74. The summed E-state index contributed by atoms with van der Waals surface area (Å²) in [7, 11) is 0. The number of aromatic amines is 1. The van der Waals surface area contributed by atoms with Crippen LogP contribution < -0.4 is 0 Å². The molecule has 1 unspecified atom stereocenters. The van der Waals surface area contributed by atoms with Gasteiger partial charge >= 0.3 is 5.97 Å². The second kappa shape index (κ2) is 4.96. The number of hydrogen-bond donors (Lipinski definition) is 2. The predicted octanol–water partition coefficient (Wildman–Crippen LogP) is -1.21. The highest BCUT2D eigenvalue weighted by Crippen LogP contribution is 2.11. The first-order valence-electron chi connectivity index (χ1n) is 5.22. The molecular formula is C10H11N3O5. The van der Waals surface area contributed by atoms with Gasteiger partial charge in [-0.1, -0.05) is 0 Å². The second-order valence-electron chi connectivity index (χ2n) is 3.79. The fourth-order valence-electron chi connectivity index (χ4n) is 1.75. The van der Waals surface area contributed by atoms with E-state index in [2.05, 4.69) is 9.97 Å². The average Bonchev–Trinajstić information content (AvgIpc) is 2.80. The van der Waals surface area contributed by atoms with Crippen molar-refractivity contribution in [3.05, 3.63) is 18.2 Å². The van der Waals surface area contributed by atoms with Crippen molar-refractivity contribution in [2.45, 2.75) is 12.5 Å². The topological polar surface area (TPSA) is 113 Å². The Bertz CT molecular complexity index is 454. The first-order chi connectivity index (χ1) is 8.59. The first-order valence-corrected chi connectivity index (χ1v) is 5.22. The Labute approximate surface area is 102 Å². The van der Waals surface area contributed by atoms with Gasteiger partial charge in [-0.2, -0.15) is 0 Å². The molecule has 0 radical (unpaired) electrons. The molecule has 2 N–H and O–H groups in total. The number of imide groups is 1. The minimum absolute atomic E-state index is 0.00713. The lowest BCUT2D eigenvalue weighted by Gasteiger charge is -2.29. The summed E-state index contributed by atoms with van der Waals surface area (Å²) in [5.74, 6) is -2.52. The third kappa shape index (κ3) is 2.38. The number of carbonyl (C=O) groups excluding carboxylic acids is 2. The summed E-state index contributed by atoms with van der Waals surface area (Å²) in [6.07, 6.45) is 2.84. The zero-order valence-electron chi connectivity index (χ0n) is 9.33. The maximum Gasteiger partial charge on any atom is 0.327 e. The molecule has 0 aliphatic carbocycles. The number of ether oxygens (including phenoxy) is 1. The normalized spacial score (nSPS) is 17.9. The monoisotopic (exact) mass is 253 g/mol. The van der Waals surface area contributed by atoms with Crippen molar-refractivity contribution in [2.24, 2.45) is 0 Å². The molecule has 18 heavy (non-hydrogen) atoms. The van der Waals surface area contributed by atoms with E-state index in [-0.39, 0.29) is 19.6 Å². The molecule has 1 atom stereocenters. The lowest BCUT2D eigenvalue weighted by molar-refractivity contribution is -0.168.